The Morgan fingerprint density at radius 3 is 1.35 bits per heavy atom. The zero-order valence-electron chi connectivity index (χ0n) is 7.78. The van der Waals surface area contributed by atoms with Gasteiger partial charge in [-0.15, -0.1) is 0 Å². The van der Waals surface area contributed by atoms with Crippen LogP contribution in [0.25, 0.3) is 0 Å². The number of aliphatic hydroxyl groups excluding tert-OH is 5. The number of aliphatic hydroxyl groups is 5. The van der Waals surface area contributed by atoms with E-state index in [0.29, 0.717) is 0 Å². The van der Waals surface area contributed by atoms with Gasteiger partial charge < -0.3 is 25.5 Å². The molecular weight excluding hydrogens is 275 g/mol. The monoisotopic (exact) mass is 290 g/mol. The normalized spacial score (nSPS) is 42.9. The van der Waals surface area contributed by atoms with E-state index in [1.807, 2.05) is 0 Å². The Bertz CT molecular complexity index is 329. The van der Waals surface area contributed by atoms with Crippen molar-refractivity contribution in [1.82, 2.24) is 0 Å². The predicted molar refractivity (Wildman–Crippen MR) is 56.4 cm³/mol. The van der Waals surface area contributed by atoms with Crippen LogP contribution in [0.1, 0.15) is 0 Å². The van der Waals surface area contributed by atoms with Crippen LogP contribution in [-0.2, 0) is 14.6 Å². The maximum Gasteiger partial charge on any atom is 0.397 e. The van der Waals surface area contributed by atoms with Crippen molar-refractivity contribution in [3.8, 4) is 0 Å². The maximum atomic E-state index is 10.4. The Kier molecular flexibility index (Phi) is 5.97. The highest BCUT2D eigenvalue weighted by molar-refractivity contribution is 7.80. The van der Waals surface area contributed by atoms with Crippen LogP contribution >= 0.6 is 0 Å². The van der Waals surface area contributed by atoms with Gasteiger partial charge in [0.2, 0.25) is 0 Å². The zero-order chi connectivity index (χ0) is 12.7. The van der Waals surface area contributed by atoms with E-state index in [1.54, 1.807) is 0 Å². The maximum absolute atomic E-state index is 10.4. The molecule has 0 aliphatic heterocycles. The van der Waals surface area contributed by atoms with Gasteiger partial charge in [0.25, 0.3) is 0 Å². The third-order valence-electron chi connectivity index (χ3n) is 2.31. The molecule has 102 valence electrons. The summed E-state index contributed by atoms with van der Waals surface area (Å²) >= 11 is 0. The molecule has 1 fully saturated rings. The van der Waals surface area contributed by atoms with E-state index in [2.05, 4.69) is 4.18 Å². The topological polar surface area (TPSA) is 165 Å². The van der Waals surface area contributed by atoms with Gasteiger partial charge in [0.05, 0.1) is 0 Å². The van der Waals surface area contributed by atoms with E-state index in [1.165, 1.54) is 0 Å². The van der Waals surface area contributed by atoms with Crippen LogP contribution in [-0.4, -0.2) is 92.5 Å². The van der Waals surface area contributed by atoms with Crippen molar-refractivity contribution < 1.29 is 42.7 Å². The number of hydrogen-bond acceptors (Lipinski definition) is 8. The molecule has 11 heteroatoms. The smallest absolute Gasteiger partial charge is 0.387 e. The Morgan fingerprint density at radius 1 is 0.765 bits per heavy atom. The second-order valence-electron chi connectivity index (χ2n) is 3.44. The van der Waals surface area contributed by atoms with E-state index in [-0.39, 0.29) is 17.4 Å². The zero-order valence-corrected chi connectivity index (χ0v) is 8.60. The lowest BCUT2D eigenvalue weighted by Gasteiger charge is -2.40. The summed E-state index contributed by atoms with van der Waals surface area (Å²) < 4.78 is 33.0. The third kappa shape index (κ3) is 3.83. The summed E-state index contributed by atoms with van der Waals surface area (Å²) in [7, 11) is -4.98. The molecule has 0 spiro atoms. The Morgan fingerprint density at radius 2 is 1.06 bits per heavy atom. The van der Waals surface area contributed by atoms with E-state index in [0.717, 1.165) is 0 Å². The molecule has 0 aromatic heterocycles. The molecule has 0 heterocycles. The quantitative estimate of drug-likeness (QED) is 0.215. The fourth-order valence-electron chi connectivity index (χ4n) is 1.45. The average Bonchev–Trinajstić information content (AvgIpc) is 2.17. The van der Waals surface area contributed by atoms with Crippen molar-refractivity contribution in [3.63, 3.8) is 0 Å². The van der Waals surface area contributed by atoms with Gasteiger partial charge in [-0.1, -0.05) is 0 Å². The van der Waals surface area contributed by atoms with Crippen LogP contribution < -0.4 is 0 Å². The lowest BCUT2D eigenvalue weighted by Crippen LogP contribution is -2.64. The van der Waals surface area contributed by atoms with E-state index >= 15 is 0 Å². The molecule has 0 bridgehead atoms. The summed E-state index contributed by atoms with van der Waals surface area (Å²) in [5, 5.41) is 46.0. The van der Waals surface area contributed by atoms with Crippen LogP contribution in [0.2, 0.25) is 0 Å². The van der Waals surface area contributed by atoms with Crippen LogP contribution in [0.3, 0.4) is 0 Å². The summed E-state index contributed by atoms with van der Waals surface area (Å²) in [5.74, 6) is 0. The third-order valence-corrected chi connectivity index (χ3v) is 2.77. The Hall–Kier alpha value is 0.202. The lowest BCUT2D eigenvalue weighted by atomic mass is 9.85. The first-order valence-corrected chi connectivity index (χ1v) is 5.57. The van der Waals surface area contributed by atoms with Crippen molar-refractivity contribution in [2.24, 2.45) is 0 Å². The Balaban J connectivity index is 0.00000256. The standard InChI is InChI=1S/C6H12O9S.Al.3H/c7-1-2(8)4(10)6(5(11)3(1)9)15-16(12,13)14;;;;/h1-11H,(H,12,13,14);;;;/t1-,2-,3+,4-,5-,6-;;;;/m0..../s1. The van der Waals surface area contributed by atoms with E-state index in [4.69, 9.17) is 9.66 Å². The summed E-state index contributed by atoms with van der Waals surface area (Å²) in [6.07, 6.45) is -11.6. The summed E-state index contributed by atoms with van der Waals surface area (Å²) in [6.45, 7) is 0. The van der Waals surface area contributed by atoms with Gasteiger partial charge in [-0.05, 0) is 0 Å². The van der Waals surface area contributed by atoms with Crippen molar-refractivity contribution in [2.45, 2.75) is 36.6 Å². The molecular formula is C6H15AlO9S. The van der Waals surface area contributed by atoms with Gasteiger partial charge in [0, 0.05) is 0 Å². The van der Waals surface area contributed by atoms with Gasteiger partial charge in [0.15, 0.2) is 17.4 Å². The van der Waals surface area contributed by atoms with Crippen molar-refractivity contribution >= 4 is 27.8 Å². The fraction of sp³-hybridized carbons (Fsp3) is 1.00. The van der Waals surface area contributed by atoms with Gasteiger partial charge >= 0.3 is 10.4 Å². The second-order valence-corrected chi connectivity index (χ2v) is 4.49. The number of rotatable bonds is 2. The second kappa shape index (κ2) is 5.90. The molecule has 0 saturated heterocycles. The predicted octanol–water partition coefficient (Wildman–Crippen LogP) is -5.19. The molecule has 1 saturated carbocycles. The first-order chi connectivity index (χ1) is 7.15. The first-order valence-electron chi connectivity index (χ1n) is 4.21. The SMILES string of the molecule is O=S(=O)(O)O[C@@H]1[C@@H](O)[C@H](O)[C@@H](O)[C@H](O)[C@@H]1O.[AlH3]. The van der Waals surface area contributed by atoms with Crippen molar-refractivity contribution in [2.75, 3.05) is 0 Å². The van der Waals surface area contributed by atoms with Crippen molar-refractivity contribution in [1.29, 1.82) is 0 Å². The summed E-state index contributed by atoms with van der Waals surface area (Å²) in [4.78, 5) is 0. The van der Waals surface area contributed by atoms with Crippen molar-refractivity contribution in [3.05, 3.63) is 0 Å². The molecule has 9 nitrogen and oxygen atoms in total. The van der Waals surface area contributed by atoms with Gasteiger partial charge in [-0.3, -0.25) is 4.55 Å². The minimum absolute atomic E-state index is 0. The van der Waals surface area contributed by atoms with E-state index < -0.39 is 47.0 Å². The van der Waals surface area contributed by atoms with Gasteiger partial charge in [-0.2, -0.15) is 8.42 Å². The first kappa shape index (κ1) is 17.2. The minimum Gasteiger partial charge on any atom is -0.387 e. The molecule has 0 unspecified atom stereocenters. The molecule has 6 N–H and O–H groups in total. The van der Waals surface area contributed by atoms with E-state index in [9.17, 15) is 28.8 Å². The molecule has 17 heavy (non-hydrogen) atoms. The van der Waals surface area contributed by atoms with Gasteiger partial charge in [0.1, 0.15) is 36.6 Å². The summed E-state index contributed by atoms with van der Waals surface area (Å²) in [5.41, 5.74) is 0. The average molecular weight is 290 g/mol. The highest BCUT2D eigenvalue weighted by Gasteiger charge is 2.50. The number of hydrogen-bond donors (Lipinski definition) is 6. The fourth-order valence-corrected chi connectivity index (χ4v) is 1.96. The molecule has 1 aliphatic rings. The van der Waals surface area contributed by atoms with Gasteiger partial charge in [-0.25, -0.2) is 4.18 Å². The van der Waals surface area contributed by atoms with Crippen LogP contribution in [0.4, 0.5) is 0 Å². The molecule has 0 aromatic carbocycles. The highest BCUT2D eigenvalue weighted by atomic mass is 32.3. The van der Waals surface area contributed by atoms with Crippen LogP contribution in [0.15, 0.2) is 0 Å². The highest BCUT2D eigenvalue weighted by Crippen LogP contribution is 2.24. The van der Waals surface area contributed by atoms with Crippen LogP contribution in [0, 0.1) is 0 Å². The lowest BCUT2D eigenvalue weighted by molar-refractivity contribution is -0.217. The largest absolute Gasteiger partial charge is 0.397 e. The molecule has 0 amide bonds. The molecule has 1 rings (SSSR count). The molecule has 6 atom stereocenters. The molecule has 0 aromatic rings. The Labute approximate surface area is 107 Å². The summed E-state index contributed by atoms with van der Waals surface area (Å²) in [6, 6.07) is 0. The molecule has 0 radical (unpaired) electrons. The van der Waals surface area contributed by atoms with Crippen LogP contribution in [0.5, 0.6) is 0 Å². The minimum atomic E-state index is -4.98. The molecule has 1 aliphatic carbocycles.